The van der Waals surface area contributed by atoms with Crippen LogP contribution < -0.4 is 4.57 Å². The minimum Gasteiger partial charge on any atom is -0.200 e. The summed E-state index contributed by atoms with van der Waals surface area (Å²) in [5.74, 6) is -0.402. The van der Waals surface area contributed by atoms with Crippen molar-refractivity contribution < 1.29 is 5.94 Å². The Morgan fingerprint density at radius 1 is 0.774 bits per heavy atom. The molecule has 0 amide bonds. The van der Waals surface area contributed by atoms with Gasteiger partial charge in [-0.3, -0.25) is 0 Å². The van der Waals surface area contributed by atoms with E-state index in [2.05, 4.69) is 98.4 Å². The molecule has 31 heavy (non-hydrogen) atoms. The van der Waals surface area contributed by atoms with Crippen molar-refractivity contribution in [2.75, 3.05) is 0 Å². The Kier molecular flexibility index (Phi) is 5.04. The molecule has 1 saturated carbocycles. The Labute approximate surface area is 187 Å². The molecule has 0 aliphatic heterocycles. The molecule has 3 aromatic carbocycles. The highest BCUT2D eigenvalue weighted by molar-refractivity contribution is 5.88. The summed E-state index contributed by atoms with van der Waals surface area (Å²) in [6, 6.07) is 24.3. The summed E-state index contributed by atoms with van der Waals surface area (Å²) in [6.07, 6.45) is 7.86. The van der Waals surface area contributed by atoms with Crippen LogP contribution >= 0.6 is 0 Å². The van der Waals surface area contributed by atoms with Gasteiger partial charge in [0, 0.05) is 18.6 Å². The van der Waals surface area contributed by atoms with Crippen molar-refractivity contribution in [3.8, 4) is 22.4 Å². The summed E-state index contributed by atoms with van der Waals surface area (Å²) in [5, 5.41) is 2.48. The molecule has 5 rings (SSSR count). The molecule has 1 aliphatic carbocycles. The topological polar surface area (TPSA) is 3.88 Å². The number of nitrogens with zero attached hydrogens (tertiary/aromatic N) is 1. The van der Waals surface area contributed by atoms with Crippen molar-refractivity contribution in [2.45, 2.75) is 51.8 Å². The normalized spacial score (nSPS) is 16.3. The number of benzene rings is 3. The standard InChI is InChI=1S/C30H32N/c1-21-9-7-8-12-28(21)30-17-22(2)29(20-31(30)3)27-16-15-25-18-24(13-14-26(25)19-27)23-10-5-4-6-11-23/h7-9,12-20,23H,4-6,10-11H2,1-3H3/q+1/i23D. The first-order valence-electron chi connectivity index (χ1n) is 12.1. The molecule has 0 bridgehead atoms. The van der Waals surface area contributed by atoms with Gasteiger partial charge in [-0.15, -0.1) is 0 Å². The third kappa shape index (κ3) is 3.90. The SMILES string of the molecule is [2H]C1(c2ccc3cc(-c4c[n+](C)c(-c5ccccc5C)cc4C)ccc3c2)CCCCC1. The van der Waals surface area contributed by atoms with Crippen molar-refractivity contribution in [1.82, 2.24) is 0 Å². The molecule has 156 valence electrons. The first-order chi connectivity index (χ1) is 15.4. The Hall–Kier alpha value is -2.93. The highest BCUT2D eigenvalue weighted by Crippen LogP contribution is 2.35. The van der Waals surface area contributed by atoms with Gasteiger partial charge in [0.25, 0.3) is 0 Å². The van der Waals surface area contributed by atoms with Gasteiger partial charge >= 0.3 is 0 Å². The van der Waals surface area contributed by atoms with Crippen LogP contribution in [0.15, 0.2) is 72.9 Å². The van der Waals surface area contributed by atoms with Crippen LogP contribution in [-0.4, -0.2) is 0 Å². The van der Waals surface area contributed by atoms with E-state index in [1.165, 1.54) is 69.1 Å². The second kappa shape index (κ2) is 8.30. The summed E-state index contributed by atoms with van der Waals surface area (Å²) in [6.45, 7) is 4.38. The lowest BCUT2D eigenvalue weighted by atomic mass is 9.83. The number of hydrogen-bond donors (Lipinski definition) is 0. The summed E-state index contributed by atoms with van der Waals surface area (Å²) < 4.78 is 11.2. The maximum Gasteiger partial charge on any atom is 0.212 e. The second-order valence-corrected chi connectivity index (χ2v) is 9.12. The van der Waals surface area contributed by atoms with Gasteiger partial charge < -0.3 is 0 Å². The van der Waals surface area contributed by atoms with Gasteiger partial charge in [-0.25, -0.2) is 4.57 Å². The van der Waals surface area contributed by atoms with E-state index in [4.69, 9.17) is 1.37 Å². The lowest BCUT2D eigenvalue weighted by Gasteiger charge is -2.22. The molecule has 1 fully saturated rings. The predicted molar refractivity (Wildman–Crippen MR) is 131 cm³/mol. The largest absolute Gasteiger partial charge is 0.212 e. The summed E-state index contributed by atoms with van der Waals surface area (Å²) in [4.78, 5) is 0. The quantitative estimate of drug-likeness (QED) is 0.307. The molecular formula is C30H32N+. The minimum absolute atomic E-state index is 0.402. The van der Waals surface area contributed by atoms with E-state index in [-0.39, 0.29) is 0 Å². The smallest absolute Gasteiger partial charge is 0.200 e. The van der Waals surface area contributed by atoms with Gasteiger partial charge in [-0.05, 0) is 77.7 Å². The van der Waals surface area contributed by atoms with Crippen LogP contribution in [-0.2, 0) is 7.05 Å². The van der Waals surface area contributed by atoms with Crippen LogP contribution in [0.3, 0.4) is 0 Å². The van der Waals surface area contributed by atoms with Crippen LogP contribution in [0.4, 0.5) is 0 Å². The monoisotopic (exact) mass is 407 g/mol. The fraction of sp³-hybridized carbons (Fsp3) is 0.300. The molecule has 0 radical (unpaired) electrons. The van der Waals surface area contributed by atoms with Crippen molar-refractivity contribution in [3.05, 3.63) is 89.6 Å². The van der Waals surface area contributed by atoms with Crippen molar-refractivity contribution in [1.29, 1.82) is 0 Å². The third-order valence-electron chi connectivity index (χ3n) is 6.92. The van der Waals surface area contributed by atoms with Gasteiger partial charge in [0.15, 0.2) is 6.20 Å². The second-order valence-electron chi connectivity index (χ2n) is 9.12. The van der Waals surface area contributed by atoms with Crippen LogP contribution in [0.2, 0.25) is 0 Å². The third-order valence-corrected chi connectivity index (χ3v) is 6.92. The molecule has 1 nitrogen and oxygen atoms in total. The van der Waals surface area contributed by atoms with Crippen LogP contribution in [0.5, 0.6) is 0 Å². The number of pyridine rings is 1. The maximum atomic E-state index is 8.97. The zero-order chi connectivity index (χ0) is 22.3. The maximum absolute atomic E-state index is 8.97. The van der Waals surface area contributed by atoms with Gasteiger partial charge in [0.2, 0.25) is 5.69 Å². The van der Waals surface area contributed by atoms with Crippen molar-refractivity contribution >= 4 is 10.8 Å². The summed E-state index contributed by atoms with van der Waals surface area (Å²) in [5.41, 5.74) is 8.79. The average molecular weight is 408 g/mol. The van der Waals surface area contributed by atoms with E-state index in [1.807, 2.05) is 0 Å². The predicted octanol–water partition coefficient (Wildman–Crippen LogP) is 7.66. The van der Waals surface area contributed by atoms with Crippen LogP contribution in [0, 0.1) is 13.8 Å². The summed E-state index contributed by atoms with van der Waals surface area (Å²) in [7, 11) is 2.13. The van der Waals surface area contributed by atoms with Crippen LogP contribution in [0.1, 0.15) is 56.1 Å². The van der Waals surface area contributed by atoms with E-state index in [0.717, 1.165) is 12.8 Å². The molecular weight excluding hydrogens is 374 g/mol. The van der Waals surface area contributed by atoms with Crippen molar-refractivity contribution in [3.63, 3.8) is 0 Å². The first kappa shape index (κ1) is 18.8. The molecule has 1 aliphatic rings. The van der Waals surface area contributed by atoms with Gasteiger partial charge in [0.1, 0.15) is 7.05 Å². The van der Waals surface area contributed by atoms with Gasteiger partial charge in [0.05, 0.1) is 0 Å². The zero-order valence-electron chi connectivity index (χ0n) is 19.9. The Bertz CT molecular complexity index is 1300. The molecule has 1 heterocycles. The highest BCUT2D eigenvalue weighted by atomic mass is 14.9. The lowest BCUT2D eigenvalue weighted by molar-refractivity contribution is -0.660. The van der Waals surface area contributed by atoms with E-state index >= 15 is 0 Å². The van der Waals surface area contributed by atoms with Gasteiger partial charge in [-0.1, -0.05) is 67.8 Å². The average Bonchev–Trinajstić information content (AvgIpc) is 2.80. The lowest BCUT2D eigenvalue weighted by Crippen LogP contribution is -2.31. The fourth-order valence-electron chi connectivity index (χ4n) is 5.08. The van der Waals surface area contributed by atoms with E-state index in [9.17, 15) is 0 Å². The molecule has 0 N–H and O–H groups in total. The molecule has 0 unspecified atom stereocenters. The first-order valence-corrected chi connectivity index (χ1v) is 11.6. The zero-order valence-corrected chi connectivity index (χ0v) is 18.9. The number of aryl methyl sites for hydroxylation is 3. The summed E-state index contributed by atoms with van der Waals surface area (Å²) >= 11 is 0. The van der Waals surface area contributed by atoms with Crippen molar-refractivity contribution in [2.24, 2.45) is 7.05 Å². The molecule has 4 aromatic rings. The molecule has 0 atom stereocenters. The van der Waals surface area contributed by atoms with E-state index < -0.39 is 5.89 Å². The Morgan fingerprint density at radius 2 is 1.52 bits per heavy atom. The van der Waals surface area contributed by atoms with Crippen LogP contribution in [0.25, 0.3) is 33.2 Å². The number of fused-ring (bicyclic) bond motifs is 1. The minimum atomic E-state index is -0.402. The molecule has 1 heteroatoms. The number of aromatic nitrogens is 1. The Morgan fingerprint density at radius 3 is 2.32 bits per heavy atom. The molecule has 1 aromatic heterocycles. The molecule has 0 spiro atoms. The van der Waals surface area contributed by atoms with E-state index in [1.54, 1.807) is 0 Å². The van der Waals surface area contributed by atoms with E-state index in [0.29, 0.717) is 0 Å². The number of rotatable bonds is 3. The fourth-order valence-corrected chi connectivity index (χ4v) is 5.08. The molecule has 0 saturated heterocycles. The van der Waals surface area contributed by atoms with Gasteiger partial charge in [-0.2, -0.15) is 0 Å². The Balaban J connectivity index is 1.53. The number of hydrogen-bond acceptors (Lipinski definition) is 0. The highest BCUT2D eigenvalue weighted by Gasteiger charge is 2.18.